The van der Waals surface area contributed by atoms with Crippen LogP contribution in [0.25, 0.3) is 33.5 Å². The average Bonchev–Trinajstić information content (AvgIpc) is 2.94. The van der Waals surface area contributed by atoms with Crippen LogP contribution in [0, 0.1) is 0 Å². The molecule has 0 saturated carbocycles. The highest BCUT2D eigenvalue weighted by atomic mass is 35.5. The number of nitrogens with one attached hydrogen (secondary N) is 2. The van der Waals surface area contributed by atoms with E-state index in [1.165, 1.54) is 0 Å². The number of pyridine rings is 1. The zero-order chi connectivity index (χ0) is 14.4. The Labute approximate surface area is 123 Å². The van der Waals surface area contributed by atoms with E-state index in [4.69, 9.17) is 11.6 Å². The number of benzene rings is 1. The molecule has 0 aliphatic rings. The fraction of sp³-hybridized carbons (Fsp3) is 0. The van der Waals surface area contributed by atoms with E-state index in [0.29, 0.717) is 27.4 Å². The molecule has 21 heavy (non-hydrogen) atoms. The lowest BCUT2D eigenvalue weighted by atomic mass is 10.2. The number of aromatic amines is 2. The quantitative estimate of drug-likeness (QED) is 0.567. The largest absolute Gasteiger partial charge is 0.346 e. The molecule has 0 saturated heterocycles. The minimum absolute atomic E-state index is 0.208. The molecule has 0 bridgehead atoms. The molecule has 0 spiro atoms. The van der Waals surface area contributed by atoms with Crippen molar-refractivity contribution in [1.82, 2.24) is 19.9 Å². The summed E-state index contributed by atoms with van der Waals surface area (Å²) < 4.78 is 0. The van der Waals surface area contributed by atoms with Crippen molar-refractivity contribution in [3.05, 3.63) is 58.0 Å². The third-order valence-electron chi connectivity index (χ3n) is 3.32. The summed E-state index contributed by atoms with van der Waals surface area (Å²) in [4.78, 5) is 26.8. The van der Waals surface area contributed by atoms with E-state index in [-0.39, 0.29) is 5.56 Å². The second-order valence-corrected chi connectivity index (χ2v) is 5.12. The van der Waals surface area contributed by atoms with Gasteiger partial charge in [-0.3, -0.25) is 4.79 Å². The molecule has 4 rings (SSSR count). The molecule has 2 N–H and O–H groups in total. The maximum atomic E-state index is 12.1. The lowest BCUT2D eigenvalue weighted by molar-refractivity contribution is 1.15. The van der Waals surface area contributed by atoms with Gasteiger partial charge in [0.2, 0.25) is 0 Å². The van der Waals surface area contributed by atoms with Crippen molar-refractivity contribution in [3.63, 3.8) is 0 Å². The second kappa shape index (κ2) is 4.43. The molecule has 0 radical (unpaired) electrons. The third kappa shape index (κ3) is 1.98. The Morgan fingerprint density at radius 3 is 2.86 bits per heavy atom. The van der Waals surface area contributed by atoms with Crippen LogP contribution in [0.1, 0.15) is 0 Å². The van der Waals surface area contributed by atoms with Gasteiger partial charge < -0.3 is 9.97 Å². The Morgan fingerprint density at radius 1 is 1.05 bits per heavy atom. The minimum atomic E-state index is -0.208. The summed E-state index contributed by atoms with van der Waals surface area (Å²) in [6, 6.07) is 10.7. The Hall–Kier alpha value is -2.66. The van der Waals surface area contributed by atoms with Crippen molar-refractivity contribution in [2.45, 2.75) is 0 Å². The summed E-state index contributed by atoms with van der Waals surface area (Å²) in [5.41, 5.74) is 1.69. The summed E-state index contributed by atoms with van der Waals surface area (Å²) >= 11 is 5.96. The van der Waals surface area contributed by atoms with Gasteiger partial charge in [-0.25, -0.2) is 9.97 Å². The standard InChI is InChI=1S/C15H9ClN4O/c16-9-2-3-10-12(7-9)19-14(20-15(10)21)11-4-1-8-5-6-17-13(8)18-11/h1-7H,(H,17,18)(H,19,20,21). The summed E-state index contributed by atoms with van der Waals surface area (Å²) in [6.45, 7) is 0. The first kappa shape index (κ1) is 12.1. The molecule has 0 fully saturated rings. The number of H-pyrrole nitrogens is 2. The normalized spacial score (nSPS) is 11.3. The first-order valence-electron chi connectivity index (χ1n) is 6.35. The van der Waals surface area contributed by atoms with E-state index in [2.05, 4.69) is 19.9 Å². The lowest BCUT2D eigenvalue weighted by Crippen LogP contribution is -2.10. The Morgan fingerprint density at radius 2 is 1.95 bits per heavy atom. The number of aromatic nitrogens is 4. The van der Waals surface area contributed by atoms with Gasteiger partial charge in [-0.15, -0.1) is 0 Å². The van der Waals surface area contributed by atoms with Gasteiger partial charge in [0, 0.05) is 16.6 Å². The highest BCUT2D eigenvalue weighted by Crippen LogP contribution is 2.19. The number of hydrogen-bond acceptors (Lipinski definition) is 3. The SMILES string of the molecule is O=c1[nH]c(-c2ccc3cc[nH]c3n2)nc2cc(Cl)ccc12. The van der Waals surface area contributed by atoms with Crippen LogP contribution in [0.5, 0.6) is 0 Å². The van der Waals surface area contributed by atoms with Crippen LogP contribution in [0.2, 0.25) is 5.02 Å². The summed E-state index contributed by atoms with van der Waals surface area (Å²) in [6.07, 6.45) is 1.82. The lowest BCUT2D eigenvalue weighted by Gasteiger charge is -2.03. The molecule has 0 aliphatic heterocycles. The van der Waals surface area contributed by atoms with Gasteiger partial charge in [0.15, 0.2) is 5.82 Å². The summed E-state index contributed by atoms with van der Waals surface area (Å²) in [5.74, 6) is 0.422. The van der Waals surface area contributed by atoms with Gasteiger partial charge in [-0.1, -0.05) is 11.6 Å². The number of fused-ring (bicyclic) bond motifs is 2. The summed E-state index contributed by atoms with van der Waals surface area (Å²) in [7, 11) is 0. The molecular weight excluding hydrogens is 288 g/mol. The van der Waals surface area contributed by atoms with Crippen molar-refractivity contribution in [2.24, 2.45) is 0 Å². The predicted octanol–water partition coefficient (Wildman–Crippen LogP) is 3.12. The van der Waals surface area contributed by atoms with Crippen molar-refractivity contribution in [3.8, 4) is 11.5 Å². The van der Waals surface area contributed by atoms with Crippen LogP contribution in [-0.4, -0.2) is 19.9 Å². The summed E-state index contributed by atoms with van der Waals surface area (Å²) in [5, 5.41) is 2.05. The number of hydrogen-bond donors (Lipinski definition) is 2. The van der Waals surface area contributed by atoms with Crippen LogP contribution >= 0.6 is 11.6 Å². The molecule has 4 aromatic rings. The number of halogens is 1. The Bertz CT molecular complexity index is 1030. The van der Waals surface area contributed by atoms with Crippen molar-refractivity contribution in [2.75, 3.05) is 0 Å². The molecule has 3 heterocycles. The fourth-order valence-electron chi connectivity index (χ4n) is 2.30. The molecular formula is C15H9ClN4O. The number of nitrogens with zero attached hydrogens (tertiary/aromatic N) is 2. The van der Waals surface area contributed by atoms with Gasteiger partial charge in [-0.2, -0.15) is 0 Å². The molecule has 3 aromatic heterocycles. The van der Waals surface area contributed by atoms with Crippen molar-refractivity contribution in [1.29, 1.82) is 0 Å². The zero-order valence-corrected chi connectivity index (χ0v) is 11.5. The maximum Gasteiger partial charge on any atom is 0.259 e. The highest BCUT2D eigenvalue weighted by Gasteiger charge is 2.08. The van der Waals surface area contributed by atoms with Gasteiger partial charge >= 0.3 is 0 Å². The van der Waals surface area contributed by atoms with E-state index in [1.54, 1.807) is 18.2 Å². The molecule has 0 aliphatic carbocycles. The van der Waals surface area contributed by atoms with Crippen molar-refractivity contribution < 1.29 is 0 Å². The molecule has 0 unspecified atom stereocenters. The topological polar surface area (TPSA) is 74.4 Å². The third-order valence-corrected chi connectivity index (χ3v) is 3.56. The first-order chi connectivity index (χ1) is 10.2. The Kier molecular flexibility index (Phi) is 2.55. The fourth-order valence-corrected chi connectivity index (χ4v) is 2.46. The minimum Gasteiger partial charge on any atom is -0.346 e. The first-order valence-corrected chi connectivity index (χ1v) is 6.72. The zero-order valence-electron chi connectivity index (χ0n) is 10.7. The van der Waals surface area contributed by atoms with Crippen LogP contribution in [0.3, 0.4) is 0 Å². The average molecular weight is 297 g/mol. The highest BCUT2D eigenvalue weighted by molar-refractivity contribution is 6.31. The van der Waals surface area contributed by atoms with Gasteiger partial charge in [0.25, 0.3) is 5.56 Å². The van der Waals surface area contributed by atoms with Crippen LogP contribution in [0.4, 0.5) is 0 Å². The predicted molar refractivity (Wildman–Crippen MR) is 82.5 cm³/mol. The monoisotopic (exact) mass is 296 g/mol. The van der Waals surface area contributed by atoms with Crippen molar-refractivity contribution >= 4 is 33.5 Å². The molecule has 0 amide bonds. The Balaban J connectivity index is 1.98. The van der Waals surface area contributed by atoms with Gasteiger partial charge in [0.05, 0.1) is 10.9 Å². The molecule has 5 nitrogen and oxygen atoms in total. The smallest absolute Gasteiger partial charge is 0.259 e. The van der Waals surface area contributed by atoms with E-state index in [1.807, 2.05) is 24.4 Å². The van der Waals surface area contributed by atoms with E-state index in [9.17, 15) is 4.79 Å². The second-order valence-electron chi connectivity index (χ2n) is 4.69. The van der Waals surface area contributed by atoms with Crippen LogP contribution < -0.4 is 5.56 Å². The maximum absolute atomic E-state index is 12.1. The molecule has 0 atom stereocenters. The van der Waals surface area contributed by atoms with Gasteiger partial charge in [0.1, 0.15) is 11.3 Å². The van der Waals surface area contributed by atoms with E-state index < -0.39 is 0 Å². The molecule has 1 aromatic carbocycles. The van der Waals surface area contributed by atoms with E-state index >= 15 is 0 Å². The van der Waals surface area contributed by atoms with E-state index in [0.717, 1.165) is 11.0 Å². The molecule has 6 heteroatoms. The number of rotatable bonds is 1. The van der Waals surface area contributed by atoms with Crippen LogP contribution in [0.15, 0.2) is 47.4 Å². The van der Waals surface area contributed by atoms with Gasteiger partial charge in [-0.05, 0) is 36.4 Å². The molecule has 102 valence electrons. The van der Waals surface area contributed by atoms with Crippen LogP contribution in [-0.2, 0) is 0 Å².